The summed E-state index contributed by atoms with van der Waals surface area (Å²) in [5, 5.41) is 5.20. The normalized spacial score (nSPS) is 11.2. The molecule has 0 saturated carbocycles. The molecule has 0 spiro atoms. The molecule has 92 valence electrons. The highest BCUT2D eigenvalue weighted by atomic mass is 35.5. The molecule has 0 radical (unpaired) electrons. The van der Waals surface area contributed by atoms with Crippen molar-refractivity contribution in [2.24, 2.45) is 0 Å². The molecule has 2 rings (SSSR count). The third-order valence-corrected chi connectivity index (χ3v) is 3.07. The summed E-state index contributed by atoms with van der Waals surface area (Å²) < 4.78 is 7.32. The van der Waals surface area contributed by atoms with Gasteiger partial charge in [0.05, 0.1) is 6.61 Å². The van der Waals surface area contributed by atoms with Gasteiger partial charge in [-0.15, -0.1) is 0 Å². The van der Waals surface area contributed by atoms with Crippen molar-refractivity contribution in [3.63, 3.8) is 0 Å². The van der Waals surface area contributed by atoms with Crippen molar-refractivity contribution in [3.05, 3.63) is 35.0 Å². The van der Waals surface area contributed by atoms with E-state index in [1.165, 1.54) is 16.5 Å². The Labute approximate surface area is 106 Å². The first kappa shape index (κ1) is 12.4. The maximum Gasteiger partial charge on any atom is 0.0641 e. The lowest BCUT2D eigenvalue weighted by Gasteiger charge is -2.04. The molecule has 0 aliphatic carbocycles. The standard InChI is InChI=1S/C13H17ClN2O/c1-15-8-10-9-16(5-6-17-2)13-7-11(14)3-4-12(10)13/h3-4,7,9,15H,5-6,8H2,1-2H3. The van der Waals surface area contributed by atoms with Gasteiger partial charge >= 0.3 is 0 Å². The van der Waals surface area contributed by atoms with Gasteiger partial charge in [-0.2, -0.15) is 0 Å². The fraction of sp³-hybridized carbons (Fsp3) is 0.385. The van der Waals surface area contributed by atoms with Gasteiger partial charge < -0.3 is 14.6 Å². The SMILES string of the molecule is CNCc1cn(CCOC)c2cc(Cl)ccc12. The fourth-order valence-electron chi connectivity index (χ4n) is 2.05. The first-order valence-corrected chi connectivity index (χ1v) is 6.05. The van der Waals surface area contributed by atoms with E-state index in [0.29, 0.717) is 6.61 Å². The van der Waals surface area contributed by atoms with Crippen LogP contribution in [0.5, 0.6) is 0 Å². The number of rotatable bonds is 5. The first-order valence-electron chi connectivity index (χ1n) is 5.67. The van der Waals surface area contributed by atoms with Crippen LogP contribution in [0.4, 0.5) is 0 Å². The second kappa shape index (κ2) is 5.54. The number of hydrogen-bond acceptors (Lipinski definition) is 2. The Morgan fingerprint density at radius 2 is 2.24 bits per heavy atom. The maximum atomic E-state index is 6.05. The second-order valence-electron chi connectivity index (χ2n) is 4.03. The molecule has 1 N–H and O–H groups in total. The lowest BCUT2D eigenvalue weighted by Crippen LogP contribution is -2.05. The number of ether oxygens (including phenoxy) is 1. The molecule has 0 unspecified atom stereocenters. The van der Waals surface area contributed by atoms with Crippen molar-refractivity contribution in [1.82, 2.24) is 9.88 Å². The number of halogens is 1. The summed E-state index contributed by atoms with van der Waals surface area (Å²) in [6, 6.07) is 6.02. The van der Waals surface area contributed by atoms with Crippen molar-refractivity contribution >= 4 is 22.5 Å². The minimum absolute atomic E-state index is 0.704. The van der Waals surface area contributed by atoms with Crippen molar-refractivity contribution in [2.45, 2.75) is 13.1 Å². The average molecular weight is 253 g/mol. The van der Waals surface area contributed by atoms with E-state index < -0.39 is 0 Å². The summed E-state index contributed by atoms with van der Waals surface area (Å²) >= 11 is 6.05. The highest BCUT2D eigenvalue weighted by molar-refractivity contribution is 6.31. The molecule has 3 nitrogen and oxygen atoms in total. The lowest BCUT2D eigenvalue weighted by atomic mass is 10.2. The molecule has 17 heavy (non-hydrogen) atoms. The fourth-order valence-corrected chi connectivity index (χ4v) is 2.21. The third kappa shape index (κ3) is 2.63. The maximum absolute atomic E-state index is 6.05. The van der Waals surface area contributed by atoms with E-state index in [0.717, 1.165) is 18.1 Å². The number of methoxy groups -OCH3 is 1. The lowest BCUT2D eigenvalue weighted by molar-refractivity contribution is 0.188. The monoisotopic (exact) mass is 252 g/mol. The Balaban J connectivity index is 2.46. The Morgan fingerprint density at radius 3 is 2.94 bits per heavy atom. The van der Waals surface area contributed by atoms with Gasteiger partial charge in [-0.05, 0) is 24.7 Å². The highest BCUT2D eigenvalue weighted by Crippen LogP contribution is 2.24. The molecular formula is C13H17ClN2O. The molecule has 0 aliphatic heterocycles. The van der Waals surface area contributed by atoms with Crippen molar-refractivity contribution in [1.29, 1.82) is 0 Å². The molecular weight excluding hydrogens is 236 g/mol. The summed E-state index contributed by atoms with van der Waals surface area (Å²) in [5.74, 6) is 0. The van der Waals surface area contributed by atoms with Gasteiger partial charge in [0.15, 0.2) is 0 Å². The van der Waals surface area contributed by atoms with Crippen LogP contribution in [0.1, 0.15) is 5.56 Å². The van der Waals surface area contributed by atoms with Crippen LogP contribution in [-0.2, 0) is 17.8 Å². The van der Waals surface area contributed by atoms with Crippen molar-refractivity contribution < 1.29 is 4.74 Å². The number of benzene rings is 1. The molecule has 2 aromatic rings. The number of aromatic nitrogens is 1. The van der Waals surface area contributed by atoms with Crippen LogP contribution in [0.25, 0.3) is 10.9 Å². The highest BCUT2D eigenvalue weighted by Gasteiger charge is 2.08. The zero-order valence-corrected chi connectivity index (χ0v) is 10.9. The number of nitrogens with zero attached hydrogens (tertiary/aromatic N) is 1. The Hall–Kier alpha value is -1.03. The molecule has 1 aromatic carbocycles. The van der Waals surface area contributed by atoms with Gasteiger partial charge in [-0.3, -0.25) is 0 Å². The summed E-state index contributed by atoms with van der Waals surface area (Å²) in [6.07, 6.45) is 2.16. The van der Waals surface area contributed by atoms with Crippen LogP contribution in [-0.4, -0.2) is 25.3 Å². The molecule has 0 saturated heterocycles. The van der Waals surface area contributed by atoms with Gasteiger partial charge in [-0.1, -0.05) is 17.7 Å². The number of hydrogen-bond donors (Lipinski definition) is 1. The van der Waals surface area contributed by atoms with Crippen LogP contribution in [0.3, 0.4) is 0 Å². The predicted molar refractivity (Wildman–Crippen MR) is 71.6 cm³/mol. The van der Waals surface area contributed by atoms with Crippen molar-refractivity contribution in [2.75, 3.05) is 20.8 Å². The first-order chi connectivity index (χ1) is 8.26. The van der Waals surface area contributed by atoms with Gasteiger partial charge in [0, 0.05) is 42.3 Å². The van der Waals surface area contributed by atoms with Crippen LogP contribution in [0.15, 0.2) is 24.4 Å². The van der Waals surface area contributed by atoms with Gasteiger partial charge in [0.1, 0.15) is 0 Å². The summed E-state index contributed by atoms with van der Waals surface area (Å²) in [6.45, 7) is 2.41. The van der Waals surface area contributed by atoms with E-state index in [1.54, 1.807) is 7.11 Å². The van der Waals surface area contributed by atoms with E-state index in [1.807, 2.05) is 19.2 Å². The van der Waals surface area contributed by atoms with Crippen LogP contribution < -0.4 is 5.32 Å². The summed E-state index contributed by atoms with van der Waals surface area (Å²) in [7, 11) is 3.67. The zero-order chi connectivity index (χ0) is 12.3. The van der Waals surface area contributed by atoms with E-state index >= 15 is 0 Å². The molecule has 0 fully saturated rings. The molecule has 0 amide bonds. The Kier molecular flexibility index (Phi) is 4.05. The Morgan fingerprint density at radius 1 is 1.41 bits per heavy atom. The predicted octanol–water partition coefficient (Wildman–Crippen LogP) is 2.66. The second-order valence-corrected chi connectivity index (χ2v) is 4.47. The smallest absolute Gasteiger partial charge is 0.0641 e. The van der Waals surface area contributed by atoms with E-state index in [4.69, 9.17) is 16.3 Å². The van der Waals surface area contributed by atoms with Crippen LogP contribution in [0, 0.1) is 0 Å². The van der Waals surface area contributed by atoms with Crippen LogP contribution >= 0.6 is 11.6 Å². The van der Waals surface area contributed by atoms with E-state index in [9.17, 15) is 0 Å². The Bertz CT molecular complexity index is 507. The van der Waals surface area contributed by atoms with Gasteiger partial charge in [-0.25, -0.2) is 0 Å². The van der Waals surface area contributed by atoms with Gasteiger partial charge in [0.25, 0.3) is 0 Å². The molecule has 1 aromatic heterocycles. The minimum atomic E-state index is 0.704. The number of nitrogens with one attached hydrogen (secondary N) is 1. The topological polar surface area (TPSA) is 26.2 Å². The molecule has 0 aliphatic rings. The quantitative estimate of drug-likeness (QED) is 0.886. The molecule has 4 heteroatoms. The van der Waals surface area contributed by atoms with Gasteiger partial charge in [0.2, 0.25) is 0 Å². The zero-order valence-electron chi connectivity index (χ0n) is 10.2. The molecule has 1 heterocycles. The number of fused-ring (bicyclic) bond motifs is 1. The summed E-state index contributed by atoms with van der Waals surface area (Å²) in [5.41, 5.74) is 2.45. The molecule has 0 atom stereocenters. The van der Waals surface area contributed by atoms with Crippen LogP contribution in [0.2, 0.25) is 5.02 Å². The van der Waals surface area contributed by atoms with E-state index in [2.05, 4.69) is 22.1 Å². The largest absolute Gasteiger partial charge is 0.383 e. The third-order valence-electron chi connectivity index (χ3n) is 2.83. The summed E-state index contributed by atoms with van der Waals surface area (Å²) in [4.78, 5) is 0. The van der Waals surface area contributed by atoms with E-state index in [-0.39, 0.29) is 0 Å². The minimum Gasteiger partial charge on any atom is -0.383 e. The molecule has 0 bridgehead atoms. The van der Waals surface area contributed by atoms with Crippen molar-refractivity contribution in [3.8, 4) is 0 Å². The average Bonchev–Trinajstić information content (AvgIpc) is 2.65.